The van der Waals surface area contributed by atoms with E-state index in [0.717, 1.165) is 0 Å². The van der Waals surface area contributed by atoms with Gasteiger partial charge in [0.2, 0.25) is 0 Å². The molecule has 0 saturated carbocycles. The number of ketones is 1. The van der Waals surface area contributed by atoms with Gasteiger partial charge in [-0.25, -0.2) is 8.42 Å². The molecule has 2 aromatic rings. The summed E-state index contributed by atoms with van der Waals surface area (Å²) in [5, 5.41) is 10.3. The Balaban J connectivity index is 2.55. The highest BCUT2D eigenvalue weighted by molar-refractivity contribution is 9.12. The standard InChI is InChI=1S/C21H15Br3O5S/c1-10-7-17(25)15(22)8-13(10)19(12-5-3-4-6-18(12)30(27,28)29)14-9-16(23)21(26)20(24)11(14)2/h3-9,26H,1-2H3,(H,27,28,29)/p-1. The van der Waals surface area contributed by atoms with Crippen molar-refractivity contribution in [3.63, 3.8) is 0 Å². The van der Waals surface area contributed by atoms with Gasteiger partial charge in [0.15, 0.2) is 5.78 Å². The minimum Gasteiger partial charge on any atom is -0.744 e. The second kappa shape index (κ2) is 8.55. The van der Waals surface area contributed by atoms with Crippen LogP contribution < -0.4 is 0 Å². The summed E-state index contributed by atoms with van der Waals surface area (Å²) in [6, 6.07) is 7.56. The Morgan fingerprint density at radius 1 is 1.03 bits per heavy atom. The first-order valence-electron chi connectivity index (χ1n) is 8.51. The normalized spacial score (nSPS) is 16.3. The molecule has 0 radical (unpaired) electrons. The van der Waals surface area contributed by atoms with Gasteiger partial charge in [-0.15, -0.1) is 0 Å². The number of rotatable bonds is 3. The van der Waals surface area contributed by atoms with Gasteiger partial charge in [-0.05, 0) is 114 Å². The lowest BCUT2D eigenvalue weighted by Crippen LogP contribution is -2.09. The topological polar surface area (TPSA) is 94.5 Å². The highest BCUT2D eigenvalue weighted by Gasteiger charge is 2.24. The van der Waals surface area contributed by atoms with Crippen LogP contribution in [0.25, 0.3) is 5.57 Å². The molecule has 0 heterocycles. The molecule has 2 aromatic carbocycles. The van der Waals surface area contributed by atoms with Gasteiger partial charge in [-0.1, -0.05) is 18.2 Å². The largest absolute Gasteiger partial charge is 0.744 e. The molecule has 0 aliphatic heterocycles. The predicted octanol–water partition coefficient (Wildman–Crippen LogP) is 5.74. The summed E-state index contributed by atoms with van der Waals surface area (Å²) in [5.74, 6) is -0.224. The van der Waals surface area contributed by atoms with E-state index in [4.69, 9.17) is 0 Å². The third-order valence-electron chi connectivity index (χ3n) is 4.68. The van der Waals surface area contributed by atoms with E-state index in [1.54, 1.807) is 38.1 Å². The molecule has 0 bridgehead atoms. The van der Waals surface area contributed by atoms with Crippen molar-refractivity contribution in [3.8, 4) is 5.75 Å². The zero-order valence-corrected chi connectivity index (χ0v) is 21.2. The fourth-order valence-electron chi connectivity index (χ4n) is 3.21. The zero-order valence-electron chi connectivity index (χ0n) is 15.7. The zero-order chi connectivity index (χ0) is 22.4. The summed E-state index contributed by atoms with van der Waals surface area (Å²) >= 11 is 9.93. The third kappa shape index (κ3) is 4.27. The monoisotopic (exact) mass is 615 g/mol. The quantitative estimate of drug-likeness (QED) is 0.444. The first-order chi connectivity index (χ1) is 13.9. The van der Waals surface area contributed by atoms with E-state index in [-0.39, 0.29) is 22.0 Å². The van der Waals surface area contributed by atoms with Crippen LogP contribution in [0.1, 0.15) is 23.6 Å². The van der Waals surface area contributed by atoms with E-state index >= 15 is 0 Å². The van der Waals surface area contributed by atoms with Gasteiger partial charge in [0, 0.05) is 5.56 Å². The average molecular weight is 618 g/mol. The summed E-state index contributed by atoms with van der Waals surface area (Å²) in [4.78, 5) is 11.7. The number of halogens is 3. The first kappa shape index (κ1) is 23.1. The van der Waals surface area contributed by atoms with E-state index in [0.29, 0.717) is 41.3 Å². The van der Waals surface area contributed by atoms with Crippen LogP contribution in [-0.4, -0.2) is 23.9 Å². The number of aromatic hydroxyl groups is 1. The smallest absolute Gasteiger partial charge is 0.193 e. The van der Waals surface area contributed by atoms with Crippen LogP contribution in [-0.2, 0) is 14.9 Å². The van der Waals surface area contributed by atoms with Gasteiger partial charge >= 0.3 is 0 Å². The van der Waals surface area contributed by atoms with Crippen molar-refractivity contribution in [3.05, 3.63) is 83.7 Å². The number of carbonyl (C=O) groups is 1. The minimum atomic E-state index is -4.78. The molecule has 9 heteroatoms. The first-order valence-corrected chi connectivity index (χ1v) is 12.3. The van der Waals surface area contributed by atoms with E-state index in [2.05, 4.69) is 47.8 Å². The molecule has 1 N–H and O–H groups in total. The molecule has 5 nitrogen and oxygen atoms in total. The maximum absolute atomic E-state index is 12.1. The average Bonchev–Trinajstić information content (AvgIpc) is 2.67. The van der Waals surface area contributed by atoms with E-state index < -0.39 is 10.1 Å². The molecule has 0 aromatic heterocycles. The molecule has 0 amide bonds. The van der Waals surface area contributed by atoms with Crippen molar-refractivity contribution in [2.24, 2.45) is 0 Å². The van der Waals surface area contributed by atoms with Gasteiger partial charge in [0.05, 0.1) is 18.3 Å². The van der Waals surface area contributed by atoms with E-state index in [1.165, 1.54) is 18.2 Å². The Hall–Kier alpha value is -1.52. The van der Waals surface area contributed by atoms with E-state index in [9.17, 15) is 22.9 Å². The number of allylic oxidation sites excluding steroid dienone is 5. The fourth-order valence-corrected chi connectivity index (χ4v) is 5.36. The Morgan fingerprint density at radius 3 is 2.30 bits per heavy atom. The van der Waals surface area contributed by atoms with Crippen LogP contribution in [0.3, 0.4) is 0 Å². The maximum Gasteiger partial charge on any atom is 0.193 e. The van der Waals surface area contributed by atoms with E-state index in [1.807, 2.05) is 0 Å². The second-order valence-corrected chi connectivity index (χ2v) is 10.5. The molecule has 3 rings (SSSR count). The molecule has 30 heavy (non-hydrogen) atoms. The molecule has 1 aliphatic carbocycles. The molecular weight excluding hydrogens is 604 g/mol. The summed E-state index contributed by atoms with van der Waals surface area (Å²) in [6.07, 6.45) is 3.04. The van der Waals surface area contributed by atoms with Gasteiger partial charge < -0.3 is 9.66 Å². The van der Waals surface area contributed by atoms with Gasteiger partial charge in [-0.2, -0.15) is 0 Å². The lowest BCUT2D eigenvalue weighted by molar-refractivity contribution is -0.110. The van der Waals surface area contributed by atoms with Crippen molar-refractivity contribution in [1.82, 2.24) is 0 Å². The fraction of sp³-hybridized carbons (Fsp3) is 0.0952. The predicted molar refractivity (Wildman–Crippen MR) is 124 cm³/mol. The Bertz CT molecular complexity index is 1290. The minimum absolute atomic E-state index is 0.00635. The summed E-state index contributed by atoms with van der Waals surface area (Å²) in [6.45, 7) is 3.49. The van der Waals surface area contributed by atoms with Gasteiger partial charge in [0.1, 0.15) is 15.9 Å². The number of hydrogen-bond acceptors (Lipinski definition) is 5. The molecule has 0 unspecified atom stereocenters. The van der Waals surface area contributed by atoms with Crippen LogP contribution in [0, 0.1) is 6.92 Å². The molecular formula is C21H14Br3O5S-. The molecule has 0 saturated heterocycles. The van der Waals surface area contributed by atoms with Crippen molar-refractivity contribution in [2.75, 3.05) is 0 Å². The third-order valence-corrected chi connectivity index (χ3v) is 7.77. The van der Waals surface area contributed by atoms with Crippen LogP contribution >= 0.6 is 47.8 Å². The van der Waals surface area contributed by atoms with Crippen molar-refractivity contribution in [2.45, 2.75) is 18.7 Å². The molecule has 0 atom stereocenters. The Labute approximate surface area is 199 Å². The summed E-state index contributed by atoms with van der Waals surface area (Å²) in [5.41, 5.74) is 3.04. The molecule has 0 fully saturated rings. The Kier molecular flexibility index (Phi) is 6.60. The lowest BCUT2D eigenvalue weighted by Gasteiger charge is -2.23. The van der Waals surface area contributed by atoms with Crippen LogP contribution in [0.5, 0.6) is 5.75 Å². The summed E-state index contributed by atoms with van der Waals surface area (Å²) < 4.78 is 37.1. The Morgan fingerprint density at radius 2 is 1.67 bits per heavy atom. The van der Waals surface area contributed by atoms with Crippen molar-refractivity contribution >= 4 is 69.3 Å². The maximum atomic E-state index is 12.1. The van der Waals surface area contributed by atoms with Crippen molar-refractivity contribution < 1.29 is 22.9 Å². The number of carbonyl (C=O) groups excluding carboxylic acids is 1. The van der Waals surface area contributed by atoms with Crippen LogP contribution in [0.4, 0.5) is 0 Å². The molecule has 0 spiro atoms. The molecule has 1 aliphatic rings. The lowest BCUT2D eigenvalue weighted by atomic mass is 9.85. The van der Waals surface area contributed by atoms with Crippen LogP contribution in [0.2, 0.25) is 0 Å². The SMILES string of the molecule is CC1=CC(=O)C(Br)=CC1=C(c1ccccc1S(=O)(=O)[O-])c1cc(Br)c(O)c(Br)c1C. The molecule has 156 valence electrons. The van der Waals surface area contributed by atoms with Crippen LogP contribution in [0.15, 0.2) is 72.0 Å². The second-order valence-electron chi connectivity index (χ2n) is 6.62. The highest BCUT2D eigenvalue weighted by Crippen LogP contribution is 2.44. The van der Waals surface area contributed by atoms with Gasteiger partial charge in [-0.3, -0.25) is 4.79 Å². The number of phenolic OH excluding ortho intramolecular Hbond substituents is 1. The highest BCUT2D eigenvalue weighted by atomic mass is 79.9. The number of benzene rings is 2. The summed E-state index contributed by atoms with van der Waals surface area (Å²) in [7, 11) is -4.78. The number of phenols is 1. The van der Waals surface area contributed by atoms with Crippen molar-refractivity contribution in [1.29, 1.82) is 0 Å². The van der Waals surface area contributed by atoms with Gasteiger partial charge in [0.25, 0.3) is 0 Å². The number of hydrogen-bond donors (Lipinski definition) is 1.